The molecule has 0 amide bonds. The topological polar surface area (TPSA) is 42.2 Å². The summed E-state index contributed by atoms with van der Waals surface area (Å²) < 4.78 is 37.9. The van der Waals surface area contributed by atoms with E-state index in [-0.39, 0.29) is 11.3 Å². The van der Waals surface area contributed by atoms with Gasteiger partial charge in [-0.2, -0.15) is 0 Å². The van der Waals surface area contributed by atoms with E-state index >= 15 is 0 Å². The van der Waals surface area contributed by atoms with Crippen LogP contribution in [0.25, 0.3) is 0 Å². The van der Waals surface area contributed by atoms with E-state index in [0.717, 1.165) is 0 Å². The van der Waals surface area contributed by atoms with Crippen LogP contribution in [-0.4, -0.2) is 22.1 Å². The van der Waals surface area contributed by atoms with Crippen LogP contribution < -0.4 is 0 Å². The highest BCUT2D eigenvalue weighted by Crippen LogP contribution is 2.26. The van der Waals surface area contributed by atoms with Crippen LogP contribution in [0.15, 0.2) is 6.07 Å². The molecular weight excluding hydrogens is 211 g/mol. The van der Waals surface area contributed by atoms with Crippen LogP contribution in [-0.2, 0) is 0 Å². The van der Waals surface area contributed by atoms with E-state index in [1.165, 1.54) is 19.9 Å². The number of aryl methyl sites for hydroxylation is 2. The molecule has 15 heavy (non-hydrogen) atoms. The number of hydrogen-bond donors (Lipinski definition) is 1. The fourth-order valence-electron chi connectivity index (χ4n) is 1.52. The first-order valence-electron chi connectivity index (χ1n) is 4.20. The Bertz CT molecular complexity index is 387. The van der Waals surface area contributed by atoms with Crippen LogP contribution in [0.2, 0.25) is 0 Å². The monoisotopic (exact) mass is 221 g/mol. The molecule has 84 valence electrons. The Hall–Kier alpha value is -1.46. The number of halogens is 3. The second-order valence-corrected chi connectivity index (χ2v) is 3.20. The van der Waals surface area contributed by atoms with Gasteiger partial charge < -0.3 is 9.67 Å². The van der Waals surface area contributed by atoms with E-state index in [9.17, 15) is 18.0 Å². The van der Waals surface area contributed by atoms with Gasteiger partial charge in [-0.15, -0.1) is 0 Å². The van der Waals surface area contributed by atoms with Gasteiger partial charge >= 0.3 is 5.97 Å². The maximum absolute atomic E-state index is 13.1. The lowest BCUT2D eigenvalue weighted by molar-refractivity contribution is 0.00475. The summed E-state index contributed by atoms with van der Waals surface area (Å²) in [7, 11) is 0. The molecule has 1 heterocycles. The fourth-order valence-corrected chi connectivity index (χ4v) is 1.52. The summed E-state index contributed by atoms with van der Waals surface area (Å²) >= 11 is 0. The van der Waals surface area contributed by atoms with Gasteiger partial charge in [-0.05, 0) is 25.5 Å². The molecule has 0 fully saturated rings. The third-order valence-electron chi connectivity index (χ3n) is 2.08. The molecule has 1 aromatic rings. The maximum Gasteiger partial charge on any atom is 0.352 e. The van der Waals surface area contributed by atoms with Crippen molar-refractivity contribution in [3.05, 3.63) is 23.0 Å². The molecule has 0 spiro atoms. The Morgan fingerprint density at radius 1 is 1.40 bits per heavy atom. The number of nitrogens with zero attached hydrogens (tertiary/aromatic N) is 1. The van der Waals surface area contributed by atoms with Gasteiger partial charge in [0.15, 0.2) is 0 Å². The van der Waals surface area contributed by atoms with Gasteiger partial charge in [0.05, 0.1) is 0 Å². The number of alkyl halides is 3. The van der Waals surface area contributed by atoms with Gasteiger partial charge in [0, 0.05) is 5.69 Å². The van der Waals surface area contributed by atoms with Gasteiger partial charge in [-0.25, -0.2) is 18.0 Å². The summed E-state index contributed by atoms with van der Waals surface area (Å²) in [6.07, 6.45) is -5.86. The Morgan fingerprint density at radius 2 is 1.93 bits per heavy atom. The molecule has 1 rings (SSSR count). The molecule has 1 aromatic heterocycles. The zero-order chi connectivity index (χ0) is 11.7. The van der Waals surface area contributed by atoms with Crippen LogP contribution in [0.4, 0.5) is 13.2 Å². The van der Waals surface area contributed by atoms with Crippen molar-refractivity contribution in [2.24, 2.45) is 0 Å². The summed E-state index contributed by atoms with van der Waals surface area (Å²) in [4.78, 5) is 10.8. The lowest BCUT2D eigenvalue weighted by Crippen LogP contribution is -2.19. The summed E-state index contributed by atoms with van der Waals surface area (Å²) in [6, 6.07) is 1.36. The van der Waals surface area contributed by atoms with Crippen molar-refractivity contribution in [1.82, 2.24) is 4.57 Å². The molecule has 0 aliphatic carbocycles. The Labute approximate surface area is 84.1 Å². The van der Waals surface area contributed by atoms with Gasteiger partial charge in [0.25, 0.3) is 6.43 Å². The minimum absolute atomic E-state index is 0.165. The SMILES string of the molecule is Cc1cc(C)n(C(F)C(F)F)c1C(=O)O. The summed E-state index contributed by atoms with van der Waals surface area (Å²) in [6.45, 7) is 2.82. The lowest BCUT2D eigenvalue weighted by Gasteiger charge is -2.13. The van der Waals surface area contributed by atoms with Crippen molar-refractivity contribution in [2.75, 3.05) is 0 Å². The third kappa shape index (κ3) is 1.98. The summed E-state index contributed by atoms with van der Waals surface area (Å²) in [5.41, 5.74) is 0.00120. The average molecular weight is 221 g/mol. The van der Waals surface area contributed by atoms with E-state index < -0.39 is 24.4 Å². The normalized spacial score (nSPS) is 13.2. The van der Waals surface area contributed by atoms with E-state index in [1.54, 1.807) is 0 Å². The quantitative estimate of drug-likeness (QED) is 0.852. The van der Waals surface area contributed by atoms with E-state index in [1.807, 2.05) is 0 Å². The first-order valence-corrected chi connectivity index (χ1v) is 4.20. The molecule has 0 aliphatic heterocycles. The van der Waals surface area contributed by atoms with Crippen LogP contribution in [0.3, 0.4) is 0 Å². The van der Waals surface area contributed by atoms with E-state index in [2.05, 4.69) is 0 Å². The van der Waals surface area contributed by atoms with Crippen LogP contribution in [0.5, 0.6) is 0 Å². The number of aromatic nitrogens is 1. The van der Waals surface area contributed by atoms with Crippen LogP contribution >= 0.6 is 0 Å². The second-order valence-electron chi connectivity index (χ2n) is 3.20. The zero-order valence-electron chi connectivity index (χ0n) is 8.17. The molecule has 0 saturated carbocycles. The second kappa shape index (κ2) is 3.96. The average Bonchev–Trinajstić information content (AvgIpc) is 2.39. The van der Waals surface area contributed by atoms with Crippen molar-refractivity contribution >= 4 is 5.97 Å². The number of carboxylic acids is 1. The minimum atomic E-state index is -3.24. The molecule has 0 saturated heterocycles. The molecule has 0 aromatic carbocycles. The fraction of sp³-hybridized carbons (Fsp3) is 0.444. The molecular formula is C9H10F3NO2. The number of hydrogen-bond acceptors (Lipinski definition) is 1. The van der Waals surface area contributed by atoms with Crippen LogP contribution in [0, 0.1) is 13.8 Å². The van der Waals surface area contributed by atoms with Crippen molar-refractivity contribution in [2.45, 2.75) is 26.6 Å². The highest BCUT2D eigenvalue weighted by molar-refractivity contribution is 5.88. The summed E-state index contributed by atoms with van der Waals surface area (Å²) in [5, 5.41) is 8.76. The predicted octanol–water partition coefficient (Wildman–Crippen LogP) is 2.54. The van der Waals surface area contributed by atoms with Crippen LogP contribution in [0.1, 0.15) is 28.0 Å². The van der Waals surface area contributed by atoms with Crippen molar-refractivity contribution in [3.8, 4) is 0 Å². The van der Waals surface area contributed by atoms with Gasteiger partial charge in [0.1, 0.15) is 5.69 Å². The minimum Gasteiger partial charge on any atom is -0.477 e. The molecule has 0 aliphatic rings. The van der Waals surface area contributed by atoms with E-state index in [4.69, 9.17) is 5.11 Å². The first kappa shape index (κ1) is 11.6. The molecule has 0 radical (unpaired) electrons. The third-order valence-corrected chi connectivity index (χ3v) is 2.08. The summed E-state index contributed by atoms with van der Waals surface area (Å²) in [5.74, 6) is -1.41. The first-order chi connectivity index (χ1) is 6.86. The maximum atomic E-state index is 13.1. The molecule has 0 bridgehead atoms. The van der Waals surface area contributed by atoms with Gasteiger partial charge in [-0.1, -0.05) is 0 Å². The largest absolute Gasteiger partial charge is 0.477 e. The molecule has 6 heteroatoms. The van der Waals surface area contributed by atoms with Gasteiger partial charge in [0.2, 0.25) is 6.30 Å². The zero-order valence-corrected chi connectivity index (χ0v) is 8.17. The lowest BCUT2D eigenvalue weighted by atomic mass is 10.2. The Morgan fingerprint density at radius 3 is 2.33 bits per heavy atom. The number of aromatic carboxylic acids is 1. The Balaban J connectivity index is 3.32. The van der Waals surface area contributed by atoms with Crippen molar-refractivity contribution in [3.63, 3.8) is 0 Å². The molecule has 1 N–H and O–H groups in total. The number of carboxylic acid groups (broad SMARTS) is 1. The predicted molar refractivity (Wildman–Crippen MR) is 47.0 cm³/mol. The highest BCUT2D eigenvalue weighted by atomic mass is 19.3. The smallest absolute Gasteiger partial charge is 0.352 e. The molecule has 3 nitrogen and oxygen atoms in total. The van der Waals surface area contributed by atoms with Crippen molar-refractivity contribution < 1.29 is 23.1 Å². The standard InChI is InChI=1S/C9H10F3NO2/c1-4-3-5(2)13(6(4)9(14)15)8(12)7(10)11/h3,7-8H,1-2H3,(H,14,15). The van der Waals surface area contributed by atoms with E-state index in [0.29, 0.717) is 4.57 Å². The van der Waals surface area contributed by atoms with Gasteiger partial charge in [-0.3, -0.25) is 0 Å². The van der Waals surface area contributed by atoms with Crippen molar-refractivity contribution in [1.29, 1.82) is 0 Å². The number of carbonyl (C=O) groups is 1. The molecule has 1 unspecified atom stereocenters. The highest BCUT2D eigenvalue weighted by Gasteiger charge is 2.28. The molecule has 1 atom stereocenters. The Kier molecular flexibility index (Phi) is 3.06. The number of rotatable bonds is 3.